The molecule has 0 saturated carbocycles. The first-order valence-corrected chi connectivity index (χ1v) is 5.41. The third-order valence-corrected chi connectivity index (χ3v) is 2.67. The number of aromatic nitrogens is 2. The van der Waals surface area contributed by atoms with Gasteiger partial charge >= 0.3 is 0 Å². The number of benzene rings is 1. The van der Waals surface area contributed by atoms with E-state index in [1.165, 1.54) is 25.3 Å². The van der Waals surface area contributed by atoms with E-state index in [4.69, 9.17) is 4.74 Å². The van der Waals surface area contributed by atoms with Crippen LogP contribution in [0, 0.1) is 12.7 Å². The van der Waals surface area contributed by atoms with E-state index in [0.717, 1.165) is 0 Å². The summed E-state index contributed by atoms with van der Waals surface area (Å²) >= 11 is 0. The molecule has 0 aliphatic heterocycles. The number of methoxy groups -OCH3 is 1. The van der Waals surface area contributed by atoms with Gasteiger partial charge in [0.15, 0.2) is 17.3 Å². The minimum Gasteiger partial charge on any atom is -0.494 e. The van der Waals surface area contributed by atoms with Crippen molar-refractivity contribution in [2.45, 2.75) is 6.92 Å². The number of carbonyl (C=O) groups is 1. The Morgan fingerprint density at radius 3 is 2.67 bits per heavy atom. The maximum atomic E-state index is 13.5. The van der Waals surface area contributed by atoms with E-state index >= 15 is 0 Å². The molecule has 0 unspecified atom stereocenters. The molecule has 0 saturated heterocycles. The van der Waals surface area contributed by atoms with E-state index in [9.17, 15) is 9.18 Å². The standard InChI is InChI=1S/C13H13FN2O2/c1-8-10(7-16(2)15-8)13(17)9-4-5-12(18-3)11(14)6-9/h4-7H,1-3H3. The Hall–Kier alpha value is -2.17. The quantitative estimate of drug-likeness (QED) is 0.781. The van der Waals surface area contributed by atoms with Crippen LogP contribution in [0.2, 0.25) is 0 Å². The van der Waals surface area contributed by atoms with Crippen LogP contribution in [0.4, 0.5) is 4.39 Å². The lowest BCUT2D eigenvalue weighted by Crippen LogP contribution is -2.03. The van der Waals surface area contributed by atoms with Crippen LogP contribution in [0.15, 0.2) is 24.4 Å². The predicted octanol–water partition coefficient (Wildman–Crippen LogP) is 2.11. The van der Waals surface area contributed by atoms with E-state index < -0.39 is 5.82 Å². The number of rotatable bonds is 3. The van der Waals surface area contributed by atoms with E-state index in [0.29, 0.717) is 11.3 Å². The van der Waals surface area contributed by atoms with Gasteiger partial charge in [0.25, 0.3) is 0 Å². The molecule has 0 aliphatic carbocycles. The van der Waals surface area contributed by atoms with Crippen LogP contribution < -0.4 is 4.74 Å². The lowest BCUT2D eigenvalue weighted by atomic mass is 10.0. The first-order valence-electron chi connectivity index (χ1n) is 5.41. The van der Waals surface area contributed by atoms with Crippen LogP contribution in [0.1, 0.15) is 21.6 Å². The molecule has 0 atom stereocenters. The van der Waals surface area contributed by atoms with Crippen molar-refractivity contribution in [3.63, 3.8) is 0 Å². The summed E-state index contributed by atoms with van der Waals surface area (Å²) in [5.41, 5.74) is 1.38. The molecule has 94 valence electrons. The number of ether oxygens (including phenoxy) is 1. The zero-order chi connectivity index (χ0) is 13.3. The summed E-state index contributed by atoms with van der Waals surface area (Å²) in [5.74, 6) is -0.679. The van der Waals surface area contributed by atoms with Gasteiger partial charge in [-0.1, -0.05) is 0 Å². The van der Waals surface area contributed by atoms with Gasteiger partial charge in [0.05, 0.1) is 18.4 Å². The van der Waals surface area contributed by atoms with Crippen molar-refractivity contribution in [1.82, 2.24) is 9.78 Å². The lowest BCUT2D eigenvalue weighted by molar-refractivity contribution is 0.103. The van der Waals surface area contributed by atoms with Crippen LogP contribution in [-0.2, 0) is 7.05 Å². The summed E-state index contributed by atoms with van der Waals surface area (Å²) in [6, 6.07) is 4.15. The Morgan fingerprint density at radius 1 is 1.44 bits per heavy atom. The van der Waals surface area contributed by atoms with Crippen molar-refractivity contribution in [2.75, 3.05) is 7.11 Å². The third kappa shape index (κ3) is 2.11. The van der Waals surface area contributed by atoms with Gasteiger partial charge in [-0.15, -0.1) is 0 Å². The highest BCUT2D eigenvalue weighted by Crippen LogP contribution is 2.20. The second-order valence-electron chi connectivity index (χ2n) is 3.98. The summed E-state index contributed by atoms with van der Waals surface area (Å²) in [6.07, 6.45) is 1.62. The molecule has 2 rings (SSSR count). The molecule has 0 N–H and O–H groups in total. The number of aryl methyl sites for hydroxylation is 2. The zero-order valence-corrected chi connectivity index (χ0v) is 10.4. The average molecular weight is 248 g/mol. The Bertz CT molecular complexity index is 605. The zero-order valence-electron chi connectivity index (χ0n) is 10.4. The van der Waals surface area contributed by atoms with Crippen molar-refractivity contribution in [1.29, 1.82) is 0 Å². The Labute approximate surface area is 104 Å². The van der Waals surface area contributed by atoms with Gasteiger partial charge in [0, 0.05) is 18.8 Å². The molecule has 0 spiro atoms. The highest BCUT2D eigenvalue weighted by Gasteiger charge is 2.16. The van der Waals surface area contributed by atoms with Gasteiger partial charge in [0.1, 0.15) is 0 Å². The van der Waals surface area contributed by atoms with E-state index in [-0.39, 0.29) is 17.1 Å². The van der Waals surface area contributed by atoms with Gasteiger partial charge in [-0.3, -0.25) is 9.48 Å². The second-order valence-corrected chi connectivity index (χ2v) is 3.98. The van der Waals surface area contributed by atoms with Crippen molar-refractivity contribution in [2.24, 2.45) is 7.05 Å². The third-order valence-electron chi connectivity index (χ3n) is 2.67. The summed E-state index contributed by atoms with van der Waals surface area (Å²) in [7, 11) is 3.11. The molecule has 5 heteroatoms. The molecule has 0 bridgehead atoms. The fourth-order valence-corrected chi connectivity index (χ4v) is 1.79. The summed E-state index contributed by atoms with van der Waals surface area (Å²) < 4.78 is 19.9. The normalized spacial score (nSPS) is 10.4. The van der Waals surface area contributed by atoms with Gasteiger partial charge in [-0.05, 0) is 25.1 Å². The van der Waals surface area contributed by atoms with Crippen molar-refractivity contribution in [3.05, 3.63) is 47.0 Å². The van der Waals surface area contributed by atoms with Crippen LogP contribution in [0.5, 0.6) is 5.75 Å². The summed E-state index contributed by atoms with van der Waals surface area (Å²) in [6.45, 7) is 1.74. The molecule has 0 aliphatic rings. The monoisotopic (exact) mass is 248 g/mol. The molecule has 2 aromatic rings. The average Bonchev–Trinajstić information content (AvgIpc) is 2.67. The van der Waals surface area contributed by atoms with Crippen LogP contribution in [0.25, 0.3) is 0 Å². The van der Waals surface area contributed by atoms with E-state index in [1.807, 2.05) is 0 Å². The SMILES string of the molecule is COc1ccc(C(=O)c2cn(C)nc2C)cc1F. The highest BCUT2D eigenvalue weighted by molar-refractivity contribution is 6.09. The van der Waals surface area contributed by atoms with Gasteiger partial charge in [0.2, 0.25) is 0 Å². The fraction of sp³-hybridized carbons (Fsp3) is 0.231. The Kier molecular flexibility index (Phi) is 3.14. The summed E-state index contributed by atoms with van der Waals surface area (Å²) in [4.78, 5) is 12.2. The Balaban J connectivity index is 2.40. The largest absolute Gasteiger partial charge is 0.494 e. The highest BCUT2D eigenvalue weighted by atomic mass is 19.1. The molecule has 1 aromatic carbocycles. The lowest BCUT2D eigenvalue weighted by Gasteiger charge is -2.04. The van der Waals surface area contributed by atoms with Gasteiger partial charge in [-0.2, -0.15) is 5.10 Å². The van der Waals surface area contributed by atoms with Crippen molar-refractivity contribution < 1.29 is 13.9 Å². The molecule has 1 aromatic heterocycles. The minimum absolute atomic E-state index is 0.120. The number of hydrogen-bond acceptors (Lipinski definition) is 3. The maximum absolute atomic E-state index is 13.5. The van der Waals surface area contributed by atoms with Crippen molar-refractivity contribution in [3.8, 4) is 5.75 Å². The van der Waals surface area contributed by atoms with Gasteiger partial charge < -0.3 is 4.74 Å². The summed E-state index contributed by atoms with van der Waals surface area (Å²) in [5, 5.41) is 4.09. The van der Waals surface area contributed by atoms with Crippen LogP contribution in [-0.4, -0.2) is 22.7 Å². The molecule has 1 heterocycles. The minimum atomic E-state index is -0.551. The van der Waals surface area contributed by atoms with Crippen LogP contribution in [0.3, 0.4) is 0 Å². The first kappa shape index (κ1) is 12.3. The number of carbonyl (C=O) groups excluding carboxylic acids is 1. The number of halogens is 1. The fourth-order valence-electron chi connectivity index (χ4n) is 1.79. The topological polar surface area (TPSA) is 44.1 Å². The second kappa shape index (κ2) is 4.60. The van der Waals surface area contributed by atoms with E-state index in [2.05, 4.69) is 5.10 Å². The Morgan fingerprint density at radius 2 is 2.17 bits per heavy atom. The first-order chi connectivity index (χ1) is 8.52. The van der Waals surface area contributed by atoms with E-state index in [1.54, 1.807) is 24.9 Å². The van der Waals surface area contributed by atoms with Crippen LogP contribution >= 0.6 is 0 Å². The molecule has 0 fully saturated rings. The molecule has 4 nitrogen and oxygen atoms in total. The molecule has 0 radical (unpaired) electrons. The van der Waals surface area contributed by atoms with Gasteiger partial charge in [-0.25, -0.2) is 4.39 Å². The molecular weight excluding hydrogens is 235 g/mol. The molecule has 0 amide bonds. The number of ketones is 1. The predicted molar refractivity (Wildman–Crippen MR) is 64.3 cm³/mol. The smallest absolute Gasteiger partial charge is 0.196 e. The molecular formula is C13H13FN2O2. The number of nitrogens with zero attached hydrogens (tertiary/aromatic N) is 2. The molecule has 18 heavy (non-hydrogen) atoms. The van der Waals surface area contributed by atoms with Crippen molar-refractivity contribution >= 4 is 5.78 Å². The number of hydrogen-bond donors (Lipinski definition) is 0. The maximum Gasteiger partial charge on any atom is 0.196 e.